The second kappa shape index (κ2) is 7.09. The zero-order valence-corrected chi connectivity index (χ0v) is 12.9. The minimum atomic E-state index is -0.745. The molecule has 0 saturated carbocycles. The Bertz CT molecular complexity index is 689. The number of benzene rings is 2. The van der Waals surface area contributed by atoms with Gasteiger partial charge in [-0.15, -0.1) is 0 Å². The number of nitrogens with zero attached hydrogens (tertiary/aromatic N) is 1. The Hall–Kier alpha value is -2.62. The number of aliphatic carboxylic acids is 1. The third-order valence-electron chi connectivity index (χ3n) is 3.94. The molecular formula is C19H19NO3. The first-order valence-electron chi connectivity index (χ1n) is 7.88. The fraction of sp³-hybridized carbons (Fsp3) is 0.263. The molecular weight excluding hydrogens is 290 g/mol. The van der Waals surface area contributed by atoms with Crippen LogP contribution in [0.25, 0.3) is 11.1 Å². The van der Waals surface area contributed by atoms with Gasteiger partial charge in [0.15, 0.2) is 0 Å². The molecule has 0 radical (unpaired) electrons. The zero-order valence-electron chi connectivity index (χ0n) is 12.9. The van der Waals surface area contributed by atoms with Crippen molar-refractivity contribution in [3.63, 3.8) is 0 Å². The van der Waals surface area contributed by atoms with Crippen LogP contribution in [0.4, 0.5) is 0 Å². The minimum absolute atomic E-state index is 0.218. The highest BCUT2D eigenvalue weighted by molar-refractivity contribution is 6.24. The van der Waals surface area contributed by atoms with Gasteiger partial charge < -0.3 is 9.94 Å². The Morgan fingerprint density at radius 1 is 0.870 bits per heavy atom. The number of hydrogen-bond acceptors (Lipinski definition) is 3. The topological polar surface area (TPSA) is 58.9 Å². The minimum Gasteiger partial charge on any atom is -0.481 e. The number of oxime groups is 1. The Balaban J connectivity index is 1.64. The molecule has 0 bridgehead atoms. The SMILES string of the molecule is O=C(O)CCCCCON=C1c2ccccc2-c2ccccc21. The van der Waals surface area contributed by atoms with Gasteiger partial charge >= 0.3 is 5.97 Å². The third-order valence-corrected chi connectivity index (χ3v) is 3.94. The number of carboxylic acid groups (broad SMARTS) is 1. The molecule has 1 aliphatic carbocycles. The van der Waals surface area contributed by atoms with Crippen LogP contribution < -0.4 is 0 Å². The summed E-state index contributed by atoms with van der Waals surface area (Å²) in [5, 5.41) is 12.9. The molecule has 3 rings (SSSR count). The van der Waals surface area contributed by atoms with Gasteiger partial charge in [-0.3, -0.25) is 4.79 Å². The van der Waals surface area contributed by atoms with Crippen molar-refractivity contribution in [2.75, 3.05) is 6.61 Å². The molecule has 0 amide bonds. The van der Waals surface area contributed by atoms with Crippen LogP contribution in [0, 0.1) is 0 Å². The first kappa shape index (κ1) is 15.3. The van der Waals surface area contributed by atoms with Gasteiger partial charge in [-0.2, -0.15) is 0 Å². The lowest BCUT2D eigenvalue weighted by Gasteiger charge is -2.03. The molecule has 2 aromatic rings. The van der Waals surface area contributed by atoms with E-state index in [0.29, 0.717) is 13.0 Å². The van der Waals surface area contributed by atoms with Gasteiger partial charge in [-0.1, -0.05) is 53.7 Å². The first-order valence-corrected chi connectivity index (χ1v) is 7.88. The molecule has 23 heavy (non-hydrogen) atoms. The number of fused-ring (bicyclic) bond motifs is 3. The van der Waals surface area contributed by atoms with E-state index >= 15 is 0 Å². The normalized spacial score (nSPS) is 11.7. The van der Waals surface area contributed by atoms with E-state index in [9.17, 15) is 4.79 Å². The smallest absolute Gasteiger partial charge is 0.303 e. The molecule has 0 atom stereocenters. The molecule has 0 unspecified atom stereocenters. The highest BCUT2D eigenvalue weighted by Crippen LogP contribution is 2.36. The van der Waals surface area contributed by atoms with Crippen molar-refractivity contribution in [1.82, 2.24) is 0 Å². The van der Waals surface area contributed by atoms with Gasteiger partial charge in [0.05, 0.1) is 0 Å². The summed E-state index contributed by atoms with van der Waals surface area (Å²) in [6.45, 7) is 0.507. The molecule has 2 aromatic carbocycles. The lowest BCUT2D eigenvalue weighted by molar-refractivity contribution is -0.137. The number of rotatable bonds is 7. The highest BCUT2D eigenvalue weighted by Gasteiger charge is 2.24. The summed E-state index contributed by atoms with van der Waals surface area (Å²) in [4.78, 5) is 15.9. The van der Waals surface area contributed by atoms with E-state index in [1.54, 1.807) is 0 Å². The fourth-order valence-electron chi connectivity index (χ4n) is 2.82. The van der Waals surface area contributed by atoms with Crippen molar-refractivity contribution in [3.05, 3.63) is 59.7 Å². The number of carboxylic acids is 1. The molecule has 0 fully saturated rings. The van der Waals surface area contributed by atoms with Gasteiger partial charge in [-0.25, -0.2) is 0 Å². The molecule has 0 heterocycles. The van der Waals surface area contributed by atoms with Crippen molar-refractivity contribution >= 4 is 11.7 Å². The molecule has 4 heteroatoms. The summed E-state index contributed by atoms with van der Waals surface area (Å²) < 4.78 is 0. The summed E-state index contributed by atoms with van der Waals surface area (Å²) in [6.07, 6.45) is 2.55. The summed E-state index contributed by atoms with van der Waals surface area (Å²) in [6, 6.07) is 16.4. The molecule has 0 aromatic heterocycles. The molecule has 1 N–H and O–H groups in total. The highest BCUT2D eigenvalue weighted by atomic mass is 16.6. The standard InChI is InChI=1S/C19H19NO3/c21-18(22)12-2-1-7-13-23-20-19-16-10-5-3-8-14(16)15-9-4-6-11-17(15)19/h3-6,8-11H,1-2,7,12-13H2,(H,21,22). The average molecular weight is 309 g/mol. The van der Waals surface area contributed by atoms with E-state index in [4.69, 9.17) is 9.94 Å². The Kier molecular flexibility index (Phi) is 4.71. The van der Waals surface area contributed by atoms with E-state index in [1.807, 2.05) is 24.3 Å². The maximum Gasteiger partial charge on any atom is 0.303 e. The van der Waals surface area contributed by atoms with Crippen LogP contribution in [-0.4, -0.2) is 23.4 Å². The number of carbonyl (C=O) groups is 1. The molecule has 0 spiro atoms. The van der Waals surface area contributed by atoms with Crippen LogP contribution in [0.3, 0.4) is 0 Å². The molecule has 4 nitrogen and oxygen atoms in total. The average Bonchev–Trinajstić information content (AvgIpc) is 2.88. The Morgan fingerprint density at radius 2 is 1.43 bits per heavy atom. The van der Waals surface area contributed by atoms with Crippen LogP contribution in [-0.2, 0) is 9.63 Å². The lowest BCUT2D eigenvalue weighted by Crippen LogP contribution is -2.01. The maximum atomic E-state index is 10.4. The van der Waals surface area contributed by atoms with Gasteiger partial charge in [0.25, 0.3) is 0 Å². The van der Waals surface area contributed by atoms with Crippen LogP contribution in [0.1, 0.15) is 36.8 Å². The summed E-state index contributed by atoms with van der Waals surface area (Å²) in [7, 11) is 0. The second-order valence-electron chi connectivity index (χ2n) is 5.57. The Labute approximate surface area is 135 Å². The third kappa shape index (κ3) is 3.42. The summed E-state index contributed by atoms with van der Waals surface area (Å²) >= 11 is 0. The summed E-state index contributed by atoms with van der Waals surface area (Å²) in [5.41, 5.74) is 5.44. The van der Waals surface area contributed by atoms with Crippen molar-refractivity contribution in [3.8, 4) is 11.1 Å². The second-order valence-corrected chi connectivity index (χ2v) is 5.57. The quantitative estimate of drug-likeness (QED) is 0.528. The lowest BCUT2D eigenvalue weighted by atomic mass is 10.1. The Morgan fingerprint density at radius 3 is 2.00 bits per heavy atom. The largest absolute Gasteiger partial charge is 0.481 e. The van der Waals surface area contributed by atoms with Crippen LogP contribution in [0.15, 0.2) is 53.7 Å². The van der Waals surface area contributed by atoms with Crippen molar-refractivity contribution in [1.29, 1.82) is 0 Å². The van der Waals surface area contributed by atoms with E-state index in [2.05, 4.69) is 29.4 Å². The molecule has 0 aliphatic heterocycles. The summed E-state index contributed by atoms with van der Waals surface area (Å²) in [5.74, 6) is -0.745. The molecule has 118 valence electrons. The van der Waals surface area contributed by atoms with E-state index in [0.717, 1.165) is 29.7 Å². The van der Waals surface area contributed by atoms with Gasteiger partial charge in [0.1, 0.15) is 12.3 Å². The fourth-order valence-corrected chi connectivity index (χ4v) is 2.82. The molecule has 1 aliphatic rings. The van der Waals surface area contributed by atoms with Crippen molar-refractivity contribution in [2.24, 2.45) is 5.16 Å². The first-order chi connectivity index (χ1) is 11.3. The van der Waals surface area contributed by atoms with Crippen molar-refractivity contribution in [2.45, 2.75) is 25.7 Å². The van der Waals surface area contributed by atoms with E-state index < -0.39 is 5.97 Å². The number of unbranched alkanes of at least 4 members (excludes halogenated alkanes) is 2. The monoisotopic (exact) mass is 309 g/mol. The van der Waals surface area contributed by atoms with Crippen LogP contribution in [0.5, 0.6) is 0 Å². The van der Waals surface area contributed by atoms with Crippen LogP contribution >= 0.6 is 0 Å². The molecule has 0 saturated heterocycles. The van der Waals surface area contributed by atoms with Crippen molar-refractivity contribution < 1.29 is 14.7 Å². The maximum absolute atomic E-state index is 10.4. The van der Waals surface area contributed by atoms with E-state index in [-0.39, 0.29) is 6.42 Å². The van der Waals surface area contributed by atoms with E-state index in [1.165, 1.54) is 11.1 Å². The van der Waals surface area contributed by atoms with Gasteiger partial charge in [0.2, 0.25) is 0 Å². The number of hydrogen-bond donors (Lipinski definition) is 1. The van der Waals surface area contributed by atoms with Crippen LogP contribution in [0.2, 0.25) is 0 Å². The van der Waals surface area contributed by atoms with Gasteiger partial charge in [-0.05, 0) is 30.4 Å². The predicted octanol–water partition coefficient (Wildman–Crippen LogP) is 4.08. The zero-order chi connectivity index (χ0) is 16.1. The predicted molar refractivity (Wildman–Crippen MR) is 89.6 cm³/mol. The van der Waals surface area contributed by atoms with Gasteiger partial charge in [0, 0.05) is 17.5 Å².